The first kappa shape index (κ1) is 32.1. The molecule has 45 heavy (non-hydrogen) atoms. The van der Waals surface area contributed by atoms with E-state index in [1.54, 1.807) is 12.1 Å². The van der Waals surface area contributed by atoms with Gasteiger partial charge in [-0.1, -0.05) is 23.2 Å². The Labute approximate surface area is 282 Å². The van der Waals surface area contributed by atoms with E-state index in [0.717, 1.165) is 46.7 Å². The molecule has 0 unspecified atom stereocenters. The number of rotatable bonds is 3. The Morgan fingerprint density at radius 2 is 1.80 bits per heavy atom. The number of fused-ring (bicyclic) bond motifs is 7. The van der Waals surface area contributed by atoms with Crippen LogP contribution in [0, 0.1) is 13.8 Å². The number of likely N-dealkylation sites (N-methyl/N-ethyl adjacent to an activating group) is 1. The van der Waals surface area contributed by atoms with Crippen molar-refractivity contribution in [3.63, 3.8) is 0 Å². The molecule has 0 saturated carbocycles. The molecule has 0 radical (unpaired) electrons. The van der Waals surface area contributed by atoms with Crippen molar-refractivity contribution in [2.45, 2.75) is 32.5 Å². The first-order valence-corrected chi connectivity index (χ1v) is 16.7. The van der Waals surface area contributed by atoms with E-state index in [4.69, 9.17) is 37.4 Å². The van der Waals surface area contributed by atoms with E-state index in [2.05, 4.69) is 42.7 Å². The summed E-state index contributed by atoms with van der Waals surface area (Å²) in [5.74, 6) is -0.403. The van der Waals surface area contributed by atoms with Crippen LogP contribution >= 0.6 is 50.5 Å². The number of carboxylic acids is 1. The van der Waals surface area contributed by atoms with Gasteiger partial charge in [0, 0.05) is 50.3 Å². The molecular weight excluding hydrogens is 707 g/mol. The number of ether oxygens (including phenoxy) is 3. The van der Waals surface area contributed by atoms with E-state index in [1.165, 1.54) is 23.7 Å². The minimum atomic E-state index is -1.38. The molecule has 0 aliphatic carbocycles. The van der Waals surface area contributed by atoms with Gasteiger partial charge in [-0.05, 0) is 71.7 Å². The number of aromatic nitrogens is 2. The first-order valence-electron chi connectivity index (χ1n) is 14.3. The Hall–Kier alpha value is -2.87. The molecule has 4 bridgehead atoms. The fraction of sp³-hybridized carbons (Fsp3) is 0.387. The van der Waals surface area contributed by atoms with Gasteiger partial charge in [-0.3, -0.25) is 4.90 Å². The van der Waals surface area contributed by atoms with Gasteiger partial charge >= 0.3 is 5.97 Å². The molecule has 1 fully saturated rings. The number of carbonyl (C=O) groups is 1. The molecule has 10 nitrogen and oxygen atoms in total. The van der Waals surface area contributed by atoms with Crippen molar-refractivity contribution in [3.05, 3.63) is 55.0 Å². The number of halogens is 3. The van der Waals surface area contributed by atoms with E-state index in [1.807, 2.05) is 13.8 Å². The van der Waals surface area contributed by atoms with E-state index in [-0.39, 0.29) is 24.7 Å². The molecule has 14 heteroatoms. The summed E-state index contributed by atoms with van der Waals surface area (Å²) in [6, 6.07) is 4.72. The van der Waals surface area contributed by atoms with E-state index < -0.39 is 18.2 Å². The Morgan fingerprint density at radius 1 is 1.09 bits per heavy atom. The summed E-state index contributed by atoms with van der Waals surface area (Å²) in [4.78, 5) is 26.5. The number of benzene rings is 2. The number of piperazine rings is 1. The second-order valence-electron chi connectivity index (χ2n) is 11.3. The van der Waals surface area contributed by atoms with Crippen LogP contribution in [-0.2, 0) is 11.2 Å². The predicted molar refractivity (Wildman–Crippen MR) is 178 cm³/mol. The van der Waals surface area contributed by atoms with Gasteiger partial charge in [0.1, 0.15) is 35.4 Å². The molecule has 238 valence electrons. The number of phenols is 1. The van der Waals surface area contributed by atoms with Gasteiger partial charge in [0.2, 0.25) is 12.0 Å². The summed E-state index contributed by atoms with van der Waals surface area (Å²) in [6.07, 6.45) is -0.647. The molecule has 2 atom stereocenters. The van der Waals surface area contributed by atoms with Crippen LogP contribution in [0.4, 0.5) is 0 Å². The molecule has 0 spiro atoms. The number of aromatic hydroxyl groups is 1. The quantitative estimate of drug-likeness (QED) is 0.251. The lowest BCUT2D eigenvalue weighted by Gasteiger charge is -2.35. The van der Waals surface area contributed by atoms with Crippen molar-refractivity contribution in [2.24, 2.45) is 0 Å². The number of hydrogen-bond acceptors (Lipinski definition) is 10. The second kappa shape index (κ2) is 13.1. The fourth-order valence-electron chi connectivity index (χ4n) is 5.74. The average Bonchev–Trinajstić information content (AvgIpc) is 3.34. The zero-order valence-electron chi connectivity index (χ0n) is 24.8. The third-order valence-electron chi connectivity index (χ3n) is 8.23. The molecule has 4 aromatic rings. The normalized spacial score (nSPS) is 19.5. The van der Waals surface area contributed by atoms with Crippen molar-refractivity contribution in [1.82, 2.24) is 19.8 Å². The highest BCUT2D eigenvalue weighted by molar-refractivity contribution is 9.11. The number of hydrogen-bond donors (Lipinski definition) is 2. The summed E-state index contributed by atoms with van der Waals surface area (Å²) in [7, 11) is 2.10. The summed E-state index contributed by atoms with van der Waals surface area (Å²) in [6.45, 7) is 8.12. The monoisotopic (exact) mass is 736 g/mol. The lowest BCUT2D eigenvalue weighted by atomic mass is 9.95. The van der Waals surface area contributed by atoms with Crippen LogP contribution in [0.15, 0.2) is 28.3 Å². The molecule has 2 aromatic heterocycles. The minimum Gasteiger partial charge on any atom is -0.508 e. The first-order chi connectivity index (χ1) is 21.5. The maximum atomic E-state index is 12.5. The number of thiophene rings is 1. The fourth-order valence-corrected chi connectivity index (χ4v) is 7.97. The maximum Gasteiger partial charge on any atom is 0.345 e. The molecule has 2 N–H and O–H groups in total. The Kier molecular flexibility index (Phi) is 9.33. The SMILES string of the molecule is Cc1c(Cl)c2c(Cl)c(C)c1-c1c(Br)sc3ncnc(c13)O[C@@H](C(=O)O)Cc1cc(ccc1O)OC[C@@H](CN1CCN(C)CC1)O2. The summed E-state index contributed by atoms with van der Waals surface area (Å²) < 4.78 is 19.6. The summed E-state index contributed by atoms with van der Waals surface area (Å²) in [5, 5.41) is 22.1. The highest BCUT2D eigenvalue weighted by atomic mass is 79.9. The van der Waals surface area contributed by atoms with Gasteiger partial charge in [-0.25, -0.2) is 14.8 Å². The predicted octanol–water partition coefficient (Wildman–Crippen LogP) is 6.21. The van der Waals surface area contributed by atoms with Crippen LogP contribution in [0.3, 0.4) is 0 Å². The second-order valence-corrected chi connectivity index (χ2v) is 14.4. The van der Waals surface area contributed by atoms with Crippen molar-refractivity contribution in [1.29, 1.82) is 0 Å². The average molecular weight is 738 g/mol. The third kappa shape index (κ3) is 6.41. The Balaban J connectivity index is 1.53. The van der Waals surface area contributed by atoms with Crippen molar-refractivity contribution in [3.8, 4) is 34.3 Å². The smallest absolute Gasteiger partial charge is 0.345 e. The van der Waals surface area contributed by atoms with Crippen LogP contribution < -0.4 is 14.2 Å². The molecule has 1 saturated heterocycles. The van der Waals surface area contributed by atoms with Crippen LogP contribution in [0.5, 0.6) is 23.1 Å². The van der Waals surface area contributed by atoms with E-state index >= 15 is 0 Å². The standard InChI is InChI=1S/C31H31BrCl2N4O6S/c1-15-22-16(2)26(34)27(25(15)33)43-19(12-38-8-6-37(3)7-9-38)13-42-18-4-5-20(39)17(10-18)11-21(31(40)41)44-29-24-23(22)28(32)45-30(24)36-14-35-29/h4-5,10,14,19,21,39H,6-9,11-13H2,1-3H3,(H,40,41)/t19-,21-/m1/s1. The van der Waals surface area contributed by atoms with Crippen LogP contribution in [0.2, 0.25) is 10.0 Å². The van der Waals surface area contributed by atoms with Crippen molar-refractivity contribution >= 4 is 66.7 Å². The maximum absolute atomic E-state index is 12.5. The number of carboxylic acid groups (broad SMARTS) is 1. The van der Waals surface area contributed by atoms with Crippen LogP contribution in [-0.4, -0.2) is 94.5 Å². The number of aliphatic carboxylic acids is 1. The molecular formula is C31H31BrCl2N4O6S. The van der Waals surface area contributed by atoms with Gasteiger partial charge < -0.3 is 29.3 Å². The highest BCUT2D eigenvalue weighted by Gasteiger charge is 2.31. The Morgan fingerprint density at radius 3 is 2.49 bits per heavy atom. The van der Waals surface area contributed by atoms with E-state index in [0.29, 0.717) is 49.4 Å². The minimum absolute atomic E-state index is 0.0745. The van der Waals surface area contributed by atoms with Gasteiger partial charge in [0.15, 0.2) is 5.75 Å². The topological polar surface area (TPSA) is 117 Å². The lowest BCUT2D eigenvalue weighted by molar-refractivity contribution is -0.145. The van der Waals surface area contributed by atoms with E-state index in [9.17, 15) is 15.0 Å². The van der Waals surface area contributed by atoms with Gasteiger partial charge in [0.05, 0.1) is 19.2 Å². The summed E-state index contributed by atoms with van der Waals surface area (Å²) >= 11 is 19.2. The van der Waals surface area contributed by atoms with Crippen molar-refractivity contribution < 1.29 is 29.2 Å². The third-order valence-corrected chi connectivity index (χ3v) is 10.9. The molecule has 0 amide bonds. The molecule has 3 aliphatic rings. The summed E-state index contributed by atoms with van der Waals surface area (Å²) in [5.41, 5.74) is 3.22. The zero-order chi connectivity index (χ0) is 32.0. The van der Waals surface area contributed by atoms with Crippen LogP contribution in [0.25, 0.3) is 21.3 Å². The lowest BCUT2D eigenvalue weighted by Crippen LogP contribution is -2.49. The number of phenolic OH excluding ortho intramolecular Hbond substituents is 1. The van der Waals surface area contributed by atoms with Gasteiger partial charge in [-0.15, -0.1) is 11.3 Å². The number of nitrogens with zero attached hydrogens (tertiary/aromatic N) is 4. The zero-order valence-corrected chi connectivity index (χ0v) is 28.7. The van der Waals surface area contributed by atoms with Crippen LogP contribution in [0.1, 0.15) is 16.7 Å². The molecule has 5 heterocycles. The van der Waals surface area contributed by atoms with Crippen molar-refractivity contribution in [2.75, 3.05) is 46.4 Å². The molecule has 3 aliphatic heterocycles. The Bertz CT molecular complexity index is 1750. The van der Waals surface area contributed by atoms with Gasteiger partial charge in [-0.2, -0.15) is 0 Å². The highest BCUT2D eigenvalue weighted by Crippen LogP contribution is 2.51. The molecule has 2 aromatic carbocycles. The largest absolute Gasteiger partial charge is 0.508 e. The van der Waals surface area contributed by atoms with Gasteiger partial charge in [0.25, 0.3) is 0 Å². The molecule has 7 rings (SSSR count).